The largest absolute Gasteiger partial charge is 0.458 e. The monoisotopic (exact) mass is 564 g/mol. The number of halogens is 8. The molecule has 212 valence electrons. The van der Waals surface area contributed by atoms with E-state index in [0.29, 0.717) is 24.5 Å². The summed E-state index contributed by atoms with van der Waals surface area (Å²) in [5.41, 5.74) is -1.91. The lowest BCUT2D eigenvalue weighted by Crippen LogP contribution is -2.15. The number of hydrogen-bond donors (Lipinski definition) is 0. The summed E-state index contributed by atoms with van der Waals surface area (Å²) in [5.74, 6) is -2.59. The van der Waals surface area contributed by atoms with Crippen molar-refractivity contribution in [1.82, 2.24) is 0 Å². The van der Waals surface area contributed by atoms with Crippen LogP contribution < -0.4 is 0 Å². The molecule has 1 saturated carbocycles. The summed E-state index contributed by atoms with van der Waals surface area (Å²) in [6.45, 7) is 2.20. The molecule has 0 atom stereocenters. The molecule has 1 aliphatic carbocycles. The predicted octanol–water partition coefficient (Wildman–Crippen LogP) is 10.2. The Labute approximate surface area is 228 Å². The van der Waals surface area contributed by atoms with E-state index in [4.69, 9.17) is 0 Å². The Morgan fingerprint density at radius 2 is 1.25 bits per heavy atom. The fraction of sp³-hybridized carbons (Fsp3) is 0.375. The highest BCUT2D eigenvalue weighted by molar-refractivity contribution is 5.73. The van der Waals surface area contributed by atoms with Gasteiger partial charge in [-0.05, 0) is 71.7 Å². The van der Waals surface area contributed by atoms with E-state index in [1.165, 1.54) is 56.6 Å². The van der Waals surface area contributed by atoms with Crippen LogP contribution in [0.5, 0.6) is 0 Å². The fourth-order valence-corrected chi connectivity index (χ4v) is 5.51. The first-order valence-electron chi connectivity index (χ1n) is 13.3. The Morgan fingerprint density at radius 1 is 0.700 bits per heavy atom. The molecule has 0 radical (unpaired) electrons. The summed E-state index contributed by atoms with van der Waals surface area (Å²) in [6, 6.07) is 7.21. The van der Waals surface area contributed by atoms with Gasteiger partial charge >= 0.3 is 6.18 Å². The highest BCUT2D eigenvalue weighted by atomic mass is 19.4. The van der Waals surface area contributed by atoms with Crippen LogP contribution in [0, 0.1) is 52.8 Å². The van der Waals surface area contributed by atoms with Crippen molar-refractivity contribution in [3.63, 3.8) is 0 Å². The smallest absolute Gasteiger partial charge is 0.206 e. The molecule has 0 saturated heterocycles. The molecule has 8 heteroatoms. The Bertz CT molecular complexity index is 1370. The summed E-state index contributed by atoms with van der Waals surface area (Å²) in [6.07, 6.45) is 3.94. The number of aryl methyl sites for hydroxylation is 1. The van der Waals surface area contributed by atoms with Crippen LogP contribution in [0.1, 0.15) is 63.0 Å². The minimum atomic E-state index is -4.98. The first-order valence-corrected chi connectivity index (χ1v) is 13.3. The van der Waals surface area contributed by atoms with Gasteiger partial charge in [0.25, 0.3) is 0 Å². The van der Waals surface area contributed by atoms with Crippen LogP contribution in [0.25, 0.3) is 22.3 Å². The van der Waals surface area contributed by atoms with Gasteiger partial charge in [0, 0.05) is 11.5 Å². The van der Waals surface area contributed by atoms with E-state index in [9.17, 15) is 35.1 Å². The number of hydrogen-bond acceptors (Lipinski definition) is 0. The molecule has 3 aromatic rings. The van der Waals surface area contributed by atoms with Crippen molar-refractivity contribution >= 4 is 0 Å². The Hall–Kier alpha value is -3.34. The SMILES string of the molecule is CCCC1CCC(CCc2ccc(-c3cc(F)c(-c4cc(F)c(C#CC(F)(F)F)c(F)c4)c(F)c3)c(F)c2)CC1. The van der Waals surface area contributed by atoms with Crippen LogP contribution >= 0.6 is 0 Å². The quantitative estimate of drug-likeness (QED) is 0.198. The van der Waals surface area contributed by atoms with Crippen LogP contribution in [0.3, 0.4) is 0 Å². The van der Waals surface area contributed by atoms with Crippen molar-refractivity contribution < 1.29 is 35.1 Å². The summed E-state index contributed by atoms with van der Waals surface area (Å²) >= 11 is 0. The van der Waals surface area contributed by atoms with Gasteiger partial charge in [0.15, 0.2) is 0 Å². The molecule has 0 heterocycles. The fourth-order valence-electron chi connectivity index (χ4n) is 5.51. The summed E-state index contributed by atoms with van der Waals surface area (Å²) in [5, 5.41) is 0. The highest BCUT2D eigenvalue weighted by Crippen LogP contribution is 2.36. The van der Waals surface area contributed by atoms with Gasteiger partial charge in [0.2, 0.25) is 0 Å². The third-order valence-electron chi connectivity index (χ3n) is 7.55. The van der Waals surface area contributed by atoms with Crippen LogP contribution in [-0.2, 0) is 6.42 Å². The van der Waals surface area contributed by atoms with Crippen LogP contribution in [0.4, 0.5) is 35.1 Å². The van der Waals surface area contributed by atoms with E-state index < -0.39 is 52.0 Å². The zero-order valence-electron chi connectivity index (χ0n) is 21.9. The van der Waals surface area contributed by atoms with Crippen molar-refractivity contribution in [2.75, 3.05) is 0 Å². The second kappa shape index (κ2) is 12.4. The molecule has 3 aromatic carbocycles. The van der Waals surface area contributed by atoms with E-state index in [-0.39, 0.29) is 11.1 Å². The molecule has 40 heavy (non-hydrogen) atoms. The number of rotatable bonds is 7. The predicted molar refractivity (Wildman–Crippen MR) is 139 cm³/mol. The van der Waals surface area contributed by atoms with Gasteiger partial charge in [-0.3, -0.25) is 0 Å². The second-order valence-electron chi connectivity index (χ2n) is 10.4. The van der Waals surface area contributed by atoms with Crippen molar-refractivity contribution in [2.24, 2.45) is 11.8 Å². The maximum atomic E-state index is 15.0. The zero-order chi connectivity index (χ0) is 29.0. The molecule has 1 fully saturated rings. The molecule has 0 unspecified atom stereocenters. The molecule has 0 N–H and O–H groups in total. The summed E-state index contributed by atoms with van der Waals surface area (Å²) < 4.78 is 110. The normalized spacial score (nSPS) is 17.4. The molecule has 4 rings (SSSR count). The van der Waals surface area contributed by atoms with Gasteiger partial charge in [-0.25, -0.2) is 22.0 Å². The molecule has 0 aliphatic heterocycles. The Balaban J connectivity index is 1.51. The maximum absolute atomic E-state index is 15.0. The first kappa shape index (κ1) is 29.6. The molecule has 0 nitrogen and oxygen atoms in total. The lowest BCUT2D eigenvalue weighted by molar-refractivity contribution is -0.0696. The third kappa shape index (κ3) is 7.24. The van der Waals surface area contributed by atoms with E-state index >= 15 is 0 Å². The summed E-state index contributed by atoms with van der Waals surface area (Å²) in [4.78, 5) is 0. The molecule has 0 amide bonds. The highest BCUT2D eigenvalue weighted by Gasteiger charge is 2.25. The van der Waals surface area contributed by atoms with Crippen molar-refractivity contribution in [2.45, 2.75) is 64.5 Å². The van der Waals surface area contributed by atoms with Crippen molar-refractivity contribution in [1.29, 1.82) is 0 Å². The van der Waals surface area contributed by atoms with Gasteiger partial charge in [-0.2, -0.15) is 13.2 Å². The Kier molecular flexibility index (Phi) is 9.22. The Morgan fingerprint density at radius 3 is 1.77 bits per heavy atom. The summed E-state index contributed by atoms with van der Waals surface area (Å²) in [7, 11) is 0. The molecule has 0 aromatic heterocycles. The first-order chi connectivity index (χ1) is 18.9. The third-order valence-corrected chi connectivity index (χ3v) is 7.55. The average Bonchev–Trinajstić information content (AvgIpc) is 2.87. The van der Waals surface area contributed by atoms with Crippen molar-refractivity contribution in [3.8, 4) is 34.1 Å². The van der Waals surface area contributed by atoms with Gasteiger partial charge in [-0.1, -0.05) is 63.5 Å². The molecule has 0 bridgehead atoms. The number of alkyl halides is 3. The van der Waals surface area contributed by atoms with E-state index in [2.05, 4.69) is 6.92 Å². The second-order valence-corrected chi connectivity index (χ2v) is 10.4. The van der Waals surface area contributed by atoms with Crippen LogP contribution in [0.15, 0.2) is 42.5 Å². The lowest BCUT2D eigenvalue weighted by Gasteiger charge is -2.28. The molecule has 1 aliphatic rings. The van der Waals surface area contributed by atoms with Gasteiger partial charge < -0.3 is 0 Å². The lowest BCUT2D eigenvalue weighted by atomic mass is 9.78. The minimum absolute atomic E-state index is 0.0386. The minimum Gasteiger partial charge on any atom is -0.206 e. The van der Waals surface area contributed by atoms with Crippen LogP contribution in [0.2, 0.25) is 0 Å². The average molecular weight is 565 g/mol. The number of benzene rings is 3. The molecular weight excluding hydrogens is 536 g/mol. The van der Waals surface area contributed by atoms with Gasteiger partial charge in [0.1, 0.15) is 29.1 Å². The van der Waals surface area contributed by atoms with E-state index in [0.717, 1.165) is 36.0 Å². The van der Waals surface area contributed by atoms with E-state index in [1.54, 1.807) is 6.07 Å². The van der Waals surface area contributed by atoms with Crippen molar-refractivity contribution in [3.05, 3.63) is 82.7 Å². The zero-order valence-corrected chi connectivity index (χ0v) is 21.9. The van der Waals surface area contributed by atoms with E-state index in [1.807, 2.05) is 0 Å². The van der Waals surface area contributed by atoms with Gasteiger partial charge in [0.05, 0.1) is 11.1 Å². The molecular formula is C32H28F8. The molecule has 0 spiro atoms. The maximum Gasteiger partial charge on any atom is 0.458 e. The standard InChI is InChI=1S/C32H28F8/c1-2-3-19-4-6-20(7-5-19)8-9-21-10-11-24(26(33)14-21)22-15-29(36)31(30(37)16-22)23-17-27(34)25(28(35)18-23)12-13-32(38,39)40/h10-11,14-20H,2-9H2,1H3. The topological polar surface area (TPSA) is 0 Å². The van der Waals surface area contributed by atoms with Gasteiger partial charge in [-0.15, -0.1) is 0 Å². The van der Waals surface area contributed by atoms with Crippen LogP contribution in [-0.4, -0.2) is 6.18 Å².